The average Bonchev–Trinajstić information content (AvgIpc) is 2.95. The normalized spacial score (nSPS) is 20.2. The lowest BCUT2D eigenvalue weighted by molar-refractivity contribution is 0.187. The van der Waals surface area contributed by atoms with E-state index in [1.165, 1.54) is 12.8 Å². The van der Waals surface area contributed by atoms with Crippen molar-refractivity contribution in [3.63, 3.8) is 0 Å². The fraction of sp³-hybridized carbons (Fsp3) is 0.533. The standard InChI is InChI=1S/C15H22N4O/c1-18(2)9-12-4-3-7-19(12)10-15-17-13-6-5-11(16)8-14(13)20-15/h5-6,8,12H,3-4,7,9-10,16H2,1-2H3. The molecule has 0 spiro atoms. The van der Waals surface area contributed by atoms with Crippen molar-refractivity contribution in [2.24, 2.45) is 0 Å². The number of hydrogen-bond acceptors (Lipinski definition) is 5. The van der Waals surface area contributed by atoms with Crippen LogP contribution < -0.4 is 5.73 Å². The zero-order valence-corrected chi connectivity index (χ0v) is 12.2. The van der Waals surface area contributed by atoms with Gasteiger partial charge in [0.15, 0.2) is 5.58 Å². The lowest BCUT2D eigenvalue weighted by Gasteiger charge is -2.25. The van der Waals surface area contributed by atoms with Gasteiger partial charge in [0.2, 0.25) is 5.89 Å². The number of oxazole rings is 1. The number of nitrogens with zero attached hydrogens (tertiary/aromatic N) is 3. The fourth-order valence-corrected chi connectivity index (χ4v) is 2.96. The van der Waals surface area contributed by atoms with E-state index in [0.717, 1.165) is 36.6 Å². The molecular weight excluding hydrogens is 252 g/mol. The third-order valence-corrected chi connectivity index (χ3v) is 3.87. The van der Waals surface area contributed by atoms with E-state index < -0.39 is 0 Å². The van der Waals surface area contributed by atoms with Crippen LogP contribution in [0.4, 0.5) is 5.69 Å². The maximum absolute atomic E-state index is 5.82. The molecule has 2 N–H and O–H groups in total. The summed E-state index contributed by atoms with van der Waals surface area (Å²) in [6.45, 7) is 3.00. The lowest BCUT2D eigenvalue weighted by atomic mass is 10.2. The van der Waals surface area contributed by atoms with Crippen molar-refractivity contribution in [1.82, 2.24) is 14.8 Å². The molecular formula is C15H22N4O. The van der Waals surface area contributed by atoms with Crippen molar-refractivity contribution in [1.29, 1.82) is 0 Å². The zero-order chi connectivity index (χ0) is 14.1. The summed E-state index contributed by atoms with van der Waals surface area (Å²) in [5.74, 6) is 0.788. The molecule has 20 heavy (non-hydrogen) atoms. The highest BCUT2D eigenvalue weighted by Gasteiger charge is 2.26. The van der Waals surface area contributed by atoms with Crippen LogP contribution in [0.1, 0.15) is 18.7 Å². The van der Waals surface area contributed by atoms with Crippen molar-refractivity contribution in [3.8, 4) is 0 Å². The quantitative estimate of drug-likeness (QED) is 0.863. The van der Waals surface area contributed by atoms with Crippen LogP contribution in [0.25, 0.3) is 11.1 Å². The minimum atomic E-state index is 0.602. The number of rotatable bonds is 4. The Balaban J connectivity index is 1.75. The second kappa shape index (κ2) is 5.42. The summed E-state index contributed by atoms with van der Waals surface area (Å²) in [5, 5.41) is 0. The predicted octanol–water partition coefficient (Wildman–Crippen LogP) is 1.94. The van der Waals surface area contributed by atoms with Crippen molar-refractivity contribution in [3.05, 3.63) is 24.1 Å². The number of hydrogen-bond donors (Lipinski definition) is 1. The summed E-state index contributed by atoms with van der Waals surface area (Å²) in [6.07, 6.45) is 2.51. The van der Waals surface area contributed by atoms with Crippen LogP contribution in [0.5, 0.6) is 0 Å². The number of likely N-dealkylation sites (tertiary alicyclic amines) is 1. The first kappa shape index (κ1) is 13.4. The van der Waals surface area contributed by atoms with Gasteiger partial charge in [0, 0.05) is 24.3 Å². The number of anilines is 1. The smallest absolute Gasteiger partial charge is 0.209 e. The molecule has 1 aliphatic rings. The van der Waals surface area contributed by atoms with E-state index in [-0.39, 0.29) is 0 Å². The second-order valence-electron chi connectivity index (χ2n) is 5.86. The largest absolute Gasteiger partial charge is 0.439 e. The van der Waals surface area contributed by atoms with E-state index in [1.807, 2.05) is 18.2 Å². The Morgan fingerprint density at radius 2 is 2.30 bits per heavy atom. The molecule has 0 aliphatic carbocycles. The van der Waals surface area contributed by atoms with Gasteiger partial charge in [-0.1, -0.05) is 0 Å². The van der Waals surface area contributed by atoms with Gasteiger partial charge in [-0.3, -0.25) is 4.90 Å². The average molecular weight is 274 g/mol. The summed E-state index contributed by atoms with van der Waals surface area (Å²) in [7, 11) is 4.25. The molecule has 3 rings (SSSR count). The van der Waals surface area contributed by atoms with Gasteiger partial charge in [-0.05, 0) is 45.6 Å². The summed E-state index contributed by atoms with van der Waals surface area (Å²) < 4.78 is 5.82. The van der Waals surface area contributed by atoms with Crippen LogP contribution in [0.15, 0.2) is 22.6 Å². The number of nitrogen functional groups attached to an aromatic ring is 1. The molecule has 0 bridgehead atoms. The SMILES string of the molecule is CN(C)CC1CCCN1Cc1nc2ccc(N)cc2o1. The molecule has 0 saturated carbocycles. The van der Waals surface area contributed by atoms with Crippen molar-refractivity contribution >= 4 is 16.8 Å². The van der Waals surface area contributed by atoms with Gasteiger partial charge >= 0.3 is 0 Å². The zero-order valence-electron chi connectivity index (χ0n) is 12.2. The number of aromatic nitrogens is 1. The number of nitrogens with two attached hydrogens (primary N) is 1. The first-order chi connectivity index (χ1) is 9.61. The fourth-order valence-electron chi connectivity index (χ4n) is 2.96. The minimum absolute atomic E-state index is 0.602. The van der Waals surface area contributed by atoms with Gasteiger partial charge in [-0.15, -0.1) is 0 Å². The van der Waals surface area contributed by atoms with Crippen molar-refractivity contribution in [2.45, 2.75) is 25.4 Å². The van der Waals surface area contributed by atoms with Gasteiger partial charge < -0.3 is 15.1 Å². The molecule has 108 valence electrons. The molecule has 1 aromatic heterocycles. The summed E-state index contributed by atoms with van der Waals surface area (Å²) in [6, 6.07) is 6.22. The lowest BCUT2D eigenvalue weighted by Crippen LogP contribution is -2.37. The Hall–Kier alpha value is -1.59. The highest BCUT2D eigenvalue weighted by molar-refractivity contribution is 5.76. The highest BCUT2D eigenvalue weighted by Crippen LogP contribution is 2.23. The first-order valence-corrected chi connectivity index (χ1v) is 7.15. The van der Waals surface area contributed by atoms with Crippen LogP contribution >= 0.6 is 0 Å². The topological polar surface area (TPSA) is 58.5 Å². The van der Waals surface area contributed by atoms with E-state index in [4.69, 9.17) is 10.2 Å². The van der Waals surface area contributed by atoms with E-state index in [1.54, 1.807) is 0 Å². The molecule has 0 radical (unpaired) electrons. The molecule has 1 saturated heterocycles. The summed E-state index contributed by atoms with van der Waals surface area (Å²) >= 11 is 0. The van der Waals surface area contributed by atoms with Crippen LogP contribution in [0.2, 0.25) is 0 Å². The monoisotopic (exact) mass is 274 g/mol. The molecule has 2 heterocycles. The van der Waals surface area contributed by atoms with E-state index in [9.17, 15) is 0 Å². The third kappa shape index (κ3) is 2.78. The first-order valence-electron chi connectivity index (χ1n) is 7.15. The molecule has 1 aliphatic heterocycles. The van der Waals surface area contributed by atoms with Crippen LogP contribution in [-0.4, -0.2) is 48.0 Å². The minimum Gasteiger partial charge on any atom is -0.439 e. The molecule has 1 fully saturated rings. The van der Waals surface area contributed by atoms with Gasteiger partial charge in [0.05, 0.1) is 6.54 Å². The van der Waals surface area contributed by atoms with Crippen molar-refractivity contribution in [2.75, 3.05) is 32.9 Å². The Bertz CT molecular complexity index is 593. The van der Waals surface area contributed by atoms with Crippen LogP contribution in [0, 0.1) is 0 Å². The highest BCUT2D eigenvalue weighted by atomic mass is 16.3. The predicted molar refractivity (Wildman–Crippen MR) is 80.4 cm³/mol. The summed E-state index contributed by atoms with van der Waals surface area (Å²) in [5.41, 5.74) is 8.15. The number of likely N-dealkylation sites (N-methyl/N-ethyl adjacent to an activating group) is 1. The Kier molecular flexibility index (Phi) is 3.63. The Labute approximate surface area is 119 Å². The van der Waals surface area contributed by atoms with Gasteiger partial charge in [0.25, 0.3) is 0 Å². The molecule has 2 aromatic rings. The van der Waals surface area contributed by atoms with Crippen molar-refractivity contribution < 1.29 is 4.42 Å². The number of benzene rings is 1. The van der Waals surface area contributed by atoms with E-state index in [2.05, 4.69) is 28.9 Å². The molecule has 5 nitrogen and oxygen atoms in total. The molecule has 0 amide bonds. The van der Waals surface area contributed by atoms with Gasteiger partial charge in [0.1, 0.15) is 5.52 Å². The molecule has 1 unspecified atom stereocenters. The molecule has 5 heteroatoms. The Morgan fingerprint density at radius 1 is 1.45 bits per heavy atom. The maximum atomic E-state index is 5.82. The molecule has 1 aromatic carbocycles. The Morgan fingerprint density at radius 3 is 3.10 bits per heavy atom. The van der Waals surface area contributed by atoms with E-state index >= 15 is 0 Å². The van der Waals surface area contributed by atoms with Crippen LogP contribution in [0.3, 0.4) is 0 Å². The molecule has 1 atom stereocenters. The summed E-state index contributed by atoms with van der Waals surface area (Å²) in [4.78, 5) is 9.27. The van der Waals surface area contributed by atoms with Crippen LogP contribution in [-0.2, 0) is 6.54 Å². The van der Waals surface area contributed by atoms with Gasteiger partial charge in [-0.25, -0.2) is 4.98 Å². The maximum Gasteiger partial charge on any atom is 0.209 e. The third-order valence-electron chi connectivity index (χ3n) is 3.87. The van der Waals surface area contributed by atoms with E-state index in [0.29, 0.717) is 11.7 Å². The second-order valence-corrected chi connectivity index (χ2v) is 5.86. The number of fused-ring (bicyclic) bond motifs is 1. The van der Waals surface area contributed by atoms with Gasteiger partial charge in [-0.2, -0.15) is 0 Å².